The molecule has 0 amide bonds. The van der Waals surface area contributed by atoms with Gasteiger partial charge in [0.15, 0.2) is 5.96 Å². The molecule has 4 N–H and O–H groups in total. The van der Waals surface area contributed by atoms with Crippen molar-refractivity contribution in [2.75, 3.05) is 0 Å². The zero-order chi connectivity index (χ0) is 18.6. The maximum atomic E-state index is 12.1. The molecule has 2 rings (SSSR count). The number of ether oxygens (including phenoxy) is 1. The van der Waals surface area contributed by atoms with E-state index in [1.807, 2.05) is 4.90 Å². The fraction of sp³-hybridized carbons (Fsp3) is 0.500. The summed E-state index contributed by atoms with van der Waals surface area (Å²) in [5, 5.41) is 0. The third kappa shape index (κ3) is 6.29. The summed E-state index contributed by atoms with van der Waals surface area (Å²) in [6, 6.07) is 5.54. The number of hydrogen-bond acceptors (Lipinski definition) is 2. The number of piperidine rings is 1. The maximum Gasteiger partial charge on any atom is 0.573 e. The van der Waals surface area contributed by atoms with Gasteiger partial charge in [0.25, 0.3) is 0 Å². The van der Waals surface area contributed by atoms with Crippen LogP contribution in [0, 0.1) is 0 Å². The summed E-state index contributed by atoms with van der Waals surface area (Å²) >= 11 is 0. The van der Waals surface area contributed by atoms with Crippen molar-refractivity contribution < 1.29 is 17.9 Å². The van der Waals surface area contributed by atoms with Gasteiger partial charge in [-0.3, -0.25) is 0 Å². The molecule has 1 fully saturated rings. The van der Waals surface area contributed by atoms with Gasteiger partial charge in [-0.2, -0.15) is 4.99 Å². The second-order valence-corrected chi connectivity index (χ2v) is 6.02. The van der Waals surface area contributed by atoms with Crippen molar-refractivity contribution >= 4 is 30.0 Å². The van der Waals surface area contributed by atoms with Crippen molar-refractivity contribution in [2.24, 2.45) is 21.5 Å². The standard InChI is InChI=1S/C16H22F3N5O.ClH/c1-10-4-3-5-11(2)24(10)15(21)23-14(20)22-12-6-8-13(9-7-12)25-16(17,18)19;/h6-11H,3-5H2,1-2H3,(H4,20,21,22,23);1H. The molecule has 6 nitrogen and oxygen atoms in total. The van der Waals surface area contributed by atoms with E-state index in [0.717, 1.165) is 31.4 Å². The lowest BCUT2D eigenvalue weighted by molar-refractivity contribution is -0.274. The molecule has 0 saturated carbocycles. The Morgan fingerprint density at radius 3 is 2.15 bits per heavy atom. The third-order valence-corrected chi connectivity index (χ3v) is 4.00. The Bertz CT molecular complexity index is 638. The van der Waals surface area contributed by atoms with E-state index >= 15 is 0 Å². The number of guanidine groups is 2. The summed E-state index contributed by atoms with van der Waals surface area (Å²) in [4.78, 5) is 10.2. The van der Waals surface area contributed by atoms with Gasteiger partial charge in [0.2, 0.25) is 5.96 Å². The molecule has 10 heteroatoms. The summed E-state index contributed by atoms with van der Waals surface area (Å²) in [6.45, 7) is 4.15. The topological polar surface area (TPSA) is 89.2 Å². The average molecular weight is 394 g/mol. The zero-order valence-corrected chi connectivity index (χ0v) is 15.3. The van der Waals surface area contributed by atoms with Gasteiger partial charge >= 0.3 is 6.36 Å². The number of aliphatic imine (C=N–C) groups is 2. The van der Waals surface area contributed by atoms with E-state index in [2.05, 4.69) is 28.6 Å². The number of rotatable bonds is 2. The molecule has 0 spiro atoms. The first-order chi connectivity index (χ1) is 11.7. The molecule has 146 valence electrons. The van der Waals surface area contributed by atoms with E-state index in [1.165, 1.54) is 12.1 Å². The summed E-state index contributed by atoms with van der Waals surface area (Å²) in [5.41, 5.74) is 12.2. The lowest BCUT2D eigenvalue weighted by Gasteiger charge is -2.39. The molecule has 2 atom stereocenters. The van der Waals surface area contributed by atoms with Crippen molar-refractivity contribution in [2.45, 2.75) is 51.6 Å². The van der Waals surface area contributed by atoms with Crippen LogP contribution >= 0.6 is 12.4 Å². The highest BCUT2D eigenvalue weighted by molar-refractivity contribution is 5.94. The molecule has 0 aliphatic carbocycles. The lowest BCUT2D eigenvalue weighted by Crippen LogP contribution is -2.51. The Labute approximate surface area is 156 Å². The highest BCUT2D eigenvalue weighted by Gasteiger charge is 2.31. The molecular formula is C16H23ClF3N5O. The van der Waals surface area contributed by atoms with Gasteiger partial charge in [0.05, 0.1) is 5.69 Å². The van der Waals surface area contributed by atoms with Gasteiger partial charge in [-0.05, 0) is 57.4 Å². The van der Waals surface area contributed by atoms with Crippen LogP contribution in [0.2, 0.25) is 0 Å². The normalized spacial score (nSPS) is 22.0. The summed E-state index contributed by atoms with van der Waals surface area (Å²) in [6.07, 6.45) is -1.54. The Balaban J connectivity index is 0.00000338. The molecule has 2 unspecified atom stereocenters. The summed E-state index contributed by atoms with van der Waals surface area (Å²) in [7, 11) is 0. The van der Waals surface area contributed by atoms with Crippen LogP contribution in [0.3, 0.4) is 0 Å². The van der Waals surface area contributed by atoms with E-state index in [4.69, 9.17) is 11.5 Å². The number of alkyl halides is 3. The van der Waals surface area contributed by atoms with Gasteiger partial charge < -0.3 is 21.1 Å². The first kappa shape index (κ1) is 21.9. The average Bonchev–Trinajstić information content (AvgIpc) is 2.47. The molecule has 0 aromatic heterocycles. The summed E-state index contributed by atoms with van der Waals surface area (Å²) in [5.74, 6) is -0.103. The van der Waals surface area contributed by atoms with Gasteiger partial charge in [0.1, 0.15) is 5.75 Å². The lowest BCUT2D eigenvalue weighted by atomic mass is 9.98. The second-order valence-electron chi connectivity index (χ2n) is 6.02. The van der Waals surface area contributed by atoms with Crippen LogP contribution < -0.4 is 16.2 Å². The van der Waals surface area contributed by atoms with Crippen LogP contribution in [0.1, 0.15) is 33.1 Å². The van der Waals surface area contributed by atoms with Crippen molar-refractivity contribution in [1.29, 1.82) is 0 Å². The molecule has 1 aromatic rings. The minimum atomic E-state index is -4.73. The number of likely N-dealkylation sites (tertiary alicyclic amines) is 1. The van der Waals surface area contributed by atoms with Crippen LogP contribution in [0.5, 0.6) is 5.75 Å². The number of nitrogens with two attached hydrogens (primary N) is 2. The third-order valence-electron chi connectivity index (χ3n) is 4.00. The molecule has 1 aromatic carbocycles. The minimum absolute atomic E-state index is 0. The zero-order valence-electron chi connectivity index (χ0n) is 14.5. The molecule has 26 heavy (non-hydrogen) atoms. The molecule has 1 saturated heterocycles. The molecule has 1 aliphatic heterocycles. The highest BCUT2D eigenvalue weighted by atomic mass is 35.5. The van der Waals surface area contributed by atoms with Gasteiger partial charge in [0, 0.05) is 12.1 Å². The van der Waals surface area contributed by atoms with Crippen molar-refractivity contribution in [3.63, 3.8) is 0 Å². The number of nitrogens with zero attached hydrogens (tertiary/aromatic N) is 3. The Hall–Kier alpha value is -2.16. The van der Waals surface area contributed by atoms with Crippen LogP contribution in [0.15, 0.2) is 34.3 Å². The smallest absolute Gasteiger partial charge is 0.406 e. The van der Waals surface area contributed by atoms with Gasteiger partial charge in [-0.1, -0.05) is 0 Å². The Morgan fingerprint density at radius 1 is 1.12 bits per heavy atom. The van der Waals surface area contributed by atoms with E-state index in [9.17, 15) is 13.2 Å². The van der Waals surface area contributed by atoms with Crippen LogP contribution in [0.25, 0.3) is 0 Å². The van der Waals surface area contributed by atoms with Crippen molar-refractivity contribution in [3.05, 3.63) is 24.3 Å². The SMILES string of the molecule is CC1CCCC(C)N1C(N)=NC(N)=Nc1ccc(OC(F)(F)F)cc1.Cl. The van der Waals surface area contributed by atoms with Crippen LogP contribution in [-0.4, -0.2) is 35.3 Å². The Kier molecular flexibility index (Phi) is 7.55. The van der Waals surface area contributed by atoms with E-state index in [1.54, 1.807) is 0 Å². The number of benzene rings is 1. The Morgan fingerprint density at radius 2 is 1.65 bits per heavy atom. The maximum absolute atomic E-state index is 12.1. The molecule has 0 bridgehead atoms. The second kappa shape index (κ2) is 8.98. The fourth-order valence-electron chi connectivity index (χ4n) is 2.93. The largest absolute Gasteiger partial charge is 0.573 e. The summed E-state index contributed by atoms with van der Waals surface area (Å²) < 4.78 is 40.2. The van der Waals surface area contributed by atoms with E-state index < -0.39 is 6.36 Å². The first-order valence-electron chi connectivity index (χ1n) is 7.98. The highest BCUT2D eigenvalue weighted by Crippen LogP contribution is 2.25. The molecule has 0 radical (unpaired) electrons. The van der Waals surface area contributed by atoms with Crippen molar-refractivity contribution in [3.8, 4) is 5.75 Å². The van der Waals surface area contributed by atoms with E-state index in [0.29, 0.717) is 5.69 Å². The predicted octanol–water partition coefficient (Wildman–Crippen LogP) is 3.53. The predicted molar refractivity (Wildman–Crippen MR) is 97.9 cm³/mol. The first-order valence-corrected chi connectivity index (χ1v) is 7.98. The monoisotopic (exact) mass is 393 g/mol. The van der Waals surface area contributed by atoms with Gasteiger partial charge in [-0.25, -0.2) is 4.99 Å². The molecule has 1 heterocycles. The minimum Gasteiger partial charge on any atom is -0.406 e. The quantitative estimate of drug-likeness (QED) is 0.594. The molecule has 1 aliphatic rings. The fourth-order valence-corrected chi connectivity index (χ4v) is 2.93. The van der Waals surface area contributed by atoms with E-state index in [-0.39, 0.29) is 42.2 Å². The number of halogens is 4. The molecular weight excluding hydrogens is 371 g/mol. The van der Waals surface area contributed by atoms with Crippen molar-refractivity contribution in [1.82, 2.24) is 4.90 Å². The number of hydrogen-bond donors (Lipinski definition) is 2. The van der Waals surface area contributed by atoms with Crippen LogP contribution in [-0.2, 0) is 0 Å². The van der Waals surface area contributed by atoms with Gasteiger partial charge in [-0.15, -0.1) is 25.6 Å². The van der Waals surface area contributed by atoms with Crippen LogP contribution in [0.4, 0.5) is 18.9 Å².